The van der Waals surface area contributed by atoms with Crippen molar-refractivity contribution in [1.29, 1.82) is 0 Å². The molecule has 0 saturated carbocycles. The third-order valence-electron chi connectivity index (χ3n) is 6.80. The lowest BCUT2D eigenvalue weighted by atomic mass is 10.2. The summed E-state index contributed by atoms with van der Waals surface area (Å²) in [6, 6.07) is 25.5. The van der Waals surface area contributed by atoms with Crippen LogP contribution in [0.2, 0.25) is 0 Å². The van der Waals surface area contributed by atoms with Gasteiger partial charge >= 0.3 is 0 Å². The average molecular weight is 572 g/mol. The number of rotatable bonds is 6. The molecular weight excluding hydrogens is 542 g/mol. The van der Waals surface area contributed by atoms with Crippen molar-refractivity contribution < 1.29 is 14.3 Å². The minimum absolute atomic E-state index is 0.0651. The van der Waals surface area contributed by atoms with Crippen LogP contribution >= 0.6 is 23.5 Å². The van der Waals surface area contributed by atoms with Gasteiger partial charge in [0.1, 0.15) is 4.91 Å². The van der Waals surface area contributed by atoms with Crippen LogP contribution in [-0.4, -0.2) is 66.7 Å². The Morgan fingerprint density at radius 3 is 2.55 bits per heavy atom. The number of thioether (sulfide) groups is 2. The number of benzene rings is 3. The number of nitrogens with zero attached hydrogens (tertiary/aromatic N) is 4. The Kier molecular flexibility index (Phi) is 7.92. The summed E-state index contributed by atoms with van der Waals surface area (Å²) in [6.45, 7) is 3.53. The summed E-state index contributed by atoms with van der Waals surface area (Å²) in [5.41, 5.74) is 3.45. The zero-order valence-electron chi connectivity index (χ0n) is 22.1. The van der Waals surface area contributed by atoms with Gasteiger partial charge in [0.05, 0.1) is 42.7 Å². The molecule has 2 amide bonds. The molecule has 0 unspecified atom stereocenters. The van der Waals surface area contributed by atoms with Gasteiger partial charge in [-0.1, -0.05) is 60.3 Å². The van der Waals surface area contributed by atoms with Crippen molar-refractivity contribution in [2.45, 2.75) is 11.4 Å². The third-order valence-corrected chi connectivity index (χ3v) is 9.24. The van der Waals surface area contributed by atoms with E-state index in [0.29, 0.717) is 47.8 Å². The van der Waals surface area contributed by atoms with E-state index in [1.54, 1.807) is 16.7 Å². The summed E-state index contributed by atoms with van der Waals surface area (Å²) >= 11 is 3.00. The summed E-state index contributed by atoms with van der Waals surface area (Å²) in [6.07, 6.45) is 0. The summed E-state index contributed by atoms with van der Waals surface area (Å²) in [4.78, 5) is 39.1. The first-order chi connectivity index (χ1) is 19.5. The largest absolute Gasteiger partial charge is 0.379 e. The van der Waals surface area contributed by atoms with E-state index >= 15 is 0 Å². The normalized spacial score (nSPS) is 20.3. The van der Waals surface area contributed by atoms with Gasteiger partial charge in [0.2, 0.25) is 5.91 Å². The maximum absolute atomic E-state index is 13.9. The predicted octanol–water partition coefficient (Wildman–Crippen LogP) is 5.13. The van der Waals surface area contributed by atoms with E-state index in [2.05, 4.69) is 27.2 Å². The molecule has 2 saturated heterocycles. The fourth-order valence-electron chi connectivity index (χ4n) is 4.75. The van der Waals surface area contributed by atoms with Gasteiger partial charge in [-0.25, -0.2) is 4.99 Å². The number of fused-ring (bicyclic) bond motifs is 1. The van der Waals surface area contributed by atoms with Crippen LogP contribution in [0.1, 0.15) is 5.56 Å². The number of carbonyl (C=O) groups is 2. The maximum Gasteiger partial charge on any atom is 0.269 e. The van der Waals surface area contributed by atoms with Crippen molar-refractivity contribution in [2.24, 2.45) is 4.99 Å². The van der Waals surface area contributed by atoms with Crippen LogP contribution in [0.4, 0.5) is 17.1 Å². The smallest absolute Gasteiger partial charge is 0.269 e. The Labute approximate surface area is 242 Å². The number of ether oxygens (including phenoxy) is 1. The highest BCUT2D eigenvalue weighted by Gasteiger charge is 2.39. The van der Waals surface area contributed by atoms with Crippen molar-refractivity contribution in [3.63, 3.8) is 0 Å². The fourth-order valence-corrected chi connectivity index (χ4v) is 7.09. The third kappa shape index (κ3) is 5.80. The molecule has 3 aromatic carbocycles. The lowest BCUT2D eigenvalue weighted by Crippen LogP contribution is -2.41. The molecule has 8 nitrogen and oxygen atoms in total. The van der Waals surface area contributed by atoms with Crippen molar-refractivity contribution in [1.82, 2.24) is 9.80 Å². The number of aliphatic imine (C=N–C) groups is 1. The second-order valence-corrected chi connectivity index (χ2v) is 11.6. The molecule has 6 rings (SSSR count). The Morgan fingerprint density at radius 2 is 1.75 bits per heavy atom. The quantitative estimate of drug-likeness (QED) is 0.411. The number of nitrogens with one attached hydrogen (secondary N) is 1. The molecule has 0 atom stereocenters. The Hall–Kier alpha value is -3.57. The summed E-state index contributed by atoms with van der Waals surface area (Å²) in [5, 5.41) is 4.50. The van der Waals surface area contributed by atoms with Crippen molar-refractivity contribution >= 4 is 57.6 Å². The summed E-state index contributed by atoms with van der Waals surface area (Å²) in [5.74, 6) is -0.138. The highest BCUT2D eigenvalue weighted by atomic mass is 32.2. The minimum Gasteiger partial charge on any atom is -0.379 e. The highest BCUT2D eigenvalue weighted by molar-refractivity contribution is 8.19. The van der Waals surface area contributed by atoms with E-state index in [1.165, 1.54) is 11.8 Å². The molecule has 3 aromatic rings. The summed E-state index contributed by atoms with van der Waals surface area (Å²) in [7, 11) is 1.99. The molecule has 2 fully saturated rings. The number of amides is 2. The van der Waals surface area contributed by atoms with E-state index in [9.17, 15) is 9.59 Å². The van der Waals surface area contributed by atoms with Gasteiger partial charge in [-0.2, -0.15) is 0 Å². The Bertz CT molecular complexity index is 1490. The van der Waals surface area contributed by atoms with Gasteiger partial charge in [-0.3, -0.25) is 19.4 Å². The Morgan fingerprint density at radius 1 is 0.975 bits per heavy atom. The number of morpholine rings is 1. The first-order valence-corrected chi connectivity index (χ1v) is 14.8. The standard InChI is InChI=1S/C30H29N5O3S2/c1-33-24-12-5-6-13-25(24)39-29(33)27-28(37)35(19-21-8-3-2-4-9-21)30(40-27)32-23-11-7-10-22(18-23)31-26(36)20-34-14-16-38-17-15-34/h2-13,18H,14-17,19-20H2,1H3,(H,31,36). The van der Waals surface area contributed by atoms with Crippen LogP contribution < -0.4 is 10.2 Å². The van der Waals surface area contributed by atoms with E-state index in [0.717, 1.165) is 34.3 Å². The van der Waals surface area contributed by atoms with Gasteiger partial charge in [0.15, 0.2) is 5.17 Å². The molecule has 0 radical (unpaired) electrons. The second kappa shape index (κ2) is 11.9. The van der Waals surface area contributed by atoms with E-state index in [1.807, 2.05) is 73.8 Å². The van der Waals surface area contributed by atoms with E-state index in [-0.39, 0.29) is 11.8 Å². The van der Waals surface area contributed by atoms with Crippen molar-refractivity contribution in [3.05, 3.63) is 94.4 Å². The van der Waals surface area contributed by atoms with Crippen LogP contribution in [0, 0.1) is 0 Å². The average Bonchev–Trinajstić information content (AvgIpc) is 3.46. The van der Waals surface area contributed by atoms with Crippen molar-refractivity contribution in [3.8, 4) is 0 Å². The monoisotopic (exact) mass is 571 g/mol. The molecule has 0 spiro atoms. The zero-order valence-corrected chi connectivity index (χ0v) is 23.7. The van der Waals surface area contributed by atoms with Gasteiger partial charge in [0, 0.05) is 30.7 Å². The first-order valence-electron chi connectivity index (χ1n) is 13.1. The van der Waals surface area contributed by atoms with Crippen LogP contribution in [0.3, 0.4) is 0 Å². The number of carbonyl (C=O) groups excluding carboxylic acids is 2. The molecule has 40 heavy (non-hydrogen) atoms. The minimum atomic E-state index is -0.0734. The molecule has 3 heterocycles. The topological polar surface area (TPSA) is 77.5 Å². The van der Waals surface area contributed by atoms with E-state index < -0.39 is 0 Å². The molecule has 3 aliphatic rings. The number of hydrogen-bond donors (Lipinski definition) is 1. The molecule has 10 heteroatoms. The second-order valence-electron chi connectivity index (χ2n) is 9.62. The Balaban J connectivity index is 1.27. The van der Waals surface area contributed by atoms with Crippen molar-refractivity contribution in [2.75, 3.05) is 50.1 Å². The molecular formula is C30H29N5O3S2. The number of para-hydroxylation sites is 1. The molecule has 1 N–H and O–H groups in total. The van der Waals surface area contributed by atoms with Crippen LogP contribution in [0.5, 0.6) is 0 Å². The van der Waals surface area contributed by atoms with E-state index in [4.69, 9.17) is 9.73 Å². The van der Waals surface area contributed by atoms with Gasteiger partial charge in [-0.15, -0.1) is 0 Å². The predicted molar refractivity (Wildman–Crippen MR) is 162 cm³/mol. The van der Waals surface area contributed by atoms with Crippen LogP contribution in [0.15, 0.2) is 98.7 Å². The highest BCUT2D eigenvalue weighted by Crippen LogP contribution is 2.50. The molecule has 0 aliphatic carbocycles. The first kappa shape index (κ1) is 26.6. The maximum atomic E-state index is 13.9. The van der Waals surface area contributed by atoms with Gasteiger partial charge < -0.3 is 15.0 Å². The SMILES string of the molecule is CN1C(=C2SC(=Nc3cccc(NC(=O)CN4CCOCC4)c3)N(Cc3ccccc3)C2=O)Sc2ccccc21. The number of hydrogen-bond acceptors (Lipinski definition) is 8. The number of anilines is 2. The molecule has 0 bridgehead atoms. The lowest BCUT2D eigenvalue weighted by Gasteiger charge is -2.25. The van der Waals surface area contributed by atoms with Gasteiger partial charge in [0.25, 0.3) is 5.91 Å². The summed E-state index contributed by atoms with van der Waals surface area (Å²) < 4.78 is 5.37. The van der Waals surface area contributed by atoms with Gasteiger partial charge in [-0.05, 0) is 47.7 Å². The van der Waals surface area contributed by atoms with Crippen LogP contribution in [0.25, 0.3) is 0 Å². The fraction of sp³-hybridized carbons (Fsp3) is 0.233. The molecule has 204 valence electrons. The van der Waals surface area contributed by atoms with Crippen LogP contribution in [-0.2, 0) is 20.9 Å². The molecule has 0 aromatic heterocycles. The zero-order chi connectivity index (χ0) is 27.5. The lowest BCUT2D eigenvalue weighted by molar-refractivity contribution is -0.122. The molecule has 3 aliphatic heterocycles. The number of amidine groups is 1.